The molecule has 1 fully saturated rings. The molecule has 146 valence electrons. The Kier molecular flexibility index (Phi) is 4.47. The third-order valence-electron chi connectivity index (χ3n) is 4.82. The van der Waals surface area contributed by atoms with Crippen molar-refractivity contribution in [2.24, 2.45) is 0 Å². The smallest absolute Gasteiger partial charge is 0.287 e. The standard InChI is InChI=1S/C17H18N6O4S/c1-12-9-13(23(24)25)10-20-17(12)21-5-7-22(8-6-21)28(26,27)15-11-19-16-14(15)3-2-4-18-16/h2-4,9-11H,5-8H2,1H3,(H,18,19). The van der Waals surface area contributed by atoms with E-state index in [-0.39, 0.29) is 10.6 Å². The van der Waals surface area contributed by atoms with Gasteiger partial charge in [-0.05, 0) is 24.6 Å². The van der Waals surface area contributed by atoms with Crippen molar-refractivity contribution < 1.29 is 13.3 Å². The number of nitro groups is 1. The third kappa shape index (κ3) is 3.08. The number of H-pyrrole nitrogens is 1. The fourth-order valence-corrected chi connectivity index (χ4v) is 4.98. The van der Waals surface area contributed by atoms with Crippen molar-refractivity contribution in [1.29, 1.82) is 0 Å². The number of fused-ring (bicyclic) bond motifs is 1. The Balaban J connectivity index is 1.53. The van der Waals surface area contributed by atoms with Gasteiger partial charge in [0.2, 0.25) is 10.0 Å². The Bertz CT molecular complexity index is 1150. The lowest BCUT2D eigenvalue weighted by Crippen LogP contribution is -2.49. The van der Waals surface area contributed by atoms with Crippen LogP contribution in [0.15, 0.2) is 41.7 Å². The summed E-state index contributed by atoms with van der Waals surface area (Å²) >= 11 is 0. The molecule has 1 N–H and O–H groups in total. The highest BCUT2D eigenvalue weighted by atomic mass is 32.2. The lowest BCUT2D eigenvalue weighted by Gasteiger charge is -2.35. The van der Waals surface area contributed by atoms with Gasteiger partial charge in [0, 0.05) is 50.0 Å². The fraction of sp³-hybridized carbons (Fsp3) is 0.294. The van der Waals surface area contributed by atoms with Gasteiger partial charge in [0.15, 0.2) is 0 Å². The van der Waals surface area contributed by atoms with Gasteiger partial charge >= 0.3 is 0 Å². The lowest BCUT2D eigenvalue weighted by atomic mass is 10.2. The van der Waals surface area contributed by atoms with Gasteiger partial charge < -0.3 is 9.88 Å². The molecule has 0 amide bonds. The summed E-state index contributed by atoms with van der Waals surface area (Å²) in [5, 5.41) is 11.4. The number of hydrogen-bond acceptors (Lipinski definition) is 7. The first-order valence-corrected chi connectivity index (χ1v) is 10.1. The maximum absolute atomic E-state index is 13.1. The number of aryl methyl sites for hydroxylation is 1. The van der Waals surface area contributed by atoms with E-state index in [9.17, 15) is 18.5 Å². The molecule has 1 aliphatic heterocycles. The number of nitrogens with one attached hydrogen (secondary N) is 1. The van der Waals surface area contributed by atoms with Crippen LogP contribution in [-0.4, -0.2) is 58.8 Å². The first-order chi connectivity index (χ1) is 13.4. The third-order valence-corrected chi connectivity index (χ3v) is 6.75. The van der Waals surface area contributed by atoms with Crippen molar-refractivity contribution in [2.45, 2.75) is 11.8 Å². The highest BCUT2D eigenvalue weighted by Gasteiger charge is 2.31. The summed E-state index contributed by atoms with van der Waals surface area (Å²) in [6.07, 6.45) is 4.30. The Morgan fingerprint density at radius 3 is 2.64 bits per heavy atom. The summed E-state index contributed by atoms with van der Waals surface area (Å²) in [4.78, 5) is 23.8. The van der Waals surface area contributed by atoms with Gasteiger partial charge in [-0.2, -0.15) is 4.31 Å². The van der Waals surface area contributed by atoms with E-state index in [1.54, 1.807) is 25.3 Å². The molecular formula is C17H18N6O4S. The highest BCUT2D eigenvalue weighted by molar-refractivity contribution is 7.89. The summed E-state index contributed by atoms with van der Waals surface area (Å²) in [5.74, 6) is 0.638. The van der Waals surface area contributed by atoms with Crippen LogP contribution >= 0.6 is 0 Å². The lowest BCUT2D eigenvalue weighted by molar-refractivity contribution is -0.385. The van der Waals surface area contributed by atoms with Crippen molar-refractivity contribution in [3.05, 3.63) is 52.5 Å². The molecule has 0 saturated carbocycles. The minimum absolute atomic E-state index is 0.0598. The molecule has 3 aromatic rings. The maximum atomic E-state index is 13.1. The van der Waals surface area contributed by atoms with Crippen LogP contribution in [0.1, 0.15) is 5.56 Å². The maximum Gasteiger partial charge on any atom is 0.287 e. The average molecular weight is 402 g/mol. The second-order valence-electron chi connectivity index (χ2n) is 6.53. The zero-order chi connectivity index (χ0) is 19.9. The number of aromatic nitrogens is 3. The molecule has 28 heavy (non-hydrogen) atoms. The molecule has 0 spiro atoms. The second-order valence-corrected chi connectivity index (χ2v) is 8.44. The van der Waals surface area contributed by atoms with Crippen LogP contribution in [0, 0.1) is 17.0 Å². The SMILES string of the molecule is Cc1cc([N+](=O)[O-])cnc1N1CCN(S(=O)(=O)c2c[nH]c3ncccc23)CC1. The van der Waals surface area contributed by atoms with Crippen LogP contribution in [-0.2, 0) is 10.0 Å². The fourth-order valence-electron chi connectivity index (χ4n) is 3.41. The first-order valence-electron chi connectivity index (χ1n) is 8.66. The quantitative estimate of drug-likeness (QED) is 0.520. The second kappa shape index (κ2) is 6.84. The number of nitrogens with zero attached hydrogens (tertiary/aromatic N) is 5. The van der Waals surface area contributed by atoms with E-state index >= 15 is 0 Å². The minimum atomic E-state index is -3.65. The molecule has 11 heteroatoms. The molecule has 0 bridgehead atoms. The van der Waals surface area contributed by atoms with Crippen molar-refractivity contribution in [3.63, 3.8) is 0 Å². The molecule has 0 aliphatic carbocycles. The average Bonchev–Trinajstić information content (AvgIpc) is 3.13. The van der Waals surface area contributed by atoms with Gasteiger partial charge in [-0.25, -0.2) is 18.4 Å². The van der Waals surface area contributed by atoms with Crippen LogP contribution in [0.25, 0.3) is 11.0 Å². The van der Waals surface area contributed by atoms with Gasteiger partial charge in [-0.15, -0.1) is 0 Å². The summed E-state index contributed by atoms with van der Waals surface area (Å²) in [5.41, 5.74) is 1.16. The van der Waals surface area contributed by atoms with Crippen LogP contribution in [0.5, 0.6) is 0 Å². The Hall–Kier alpha value is -3.05. The monoisotopic (exact) mass is 402 g/mol. The van der Waals surface area contributed by atoms with E-state index in [2.05, 4.69) is 15.0 Å². The molecule has 4 heterocycles. The molecule has 10 nitrogen and oxygen atoms in total. The summed E-state index contributed by atoms with van der Waals surface area (Å²) in [6.45, 7) is 3.26. The van der Waals surface area contributed by atoms with Crippen molar-refractivity contribution >= 4 is 32.6 Å². The van der Waals surface area contributed by atoms with Gasteiger partial charge in [0.1, 0.15) is 22.6 Å². The number of aromatic amines is 1. The van der Waals surface area contributed by atoms with E-state index in [4.69, 9.17) is 0 Å². The molecule has 0 aromatic carbocycles. The molecule has 1 aliphatic rings. The van der Waals surface area contributed by atoms with Crippen LogP contribution in [0.4, 0.5) is 11.5 Å². The van der Waals surface area contributed by atoms with Crippen LogP contribution in [0.3, 0.4) is 0 Å². The molecule has 4 rings (SSSR count). The predicted molar refractivity (Wildman–Crippen MR) is 103 cm³/mol. The van der Waals surface area contributed by atoms with E-state index < -0.39 is 14.9 Å². The van der Waals surface area contributed by atoms with Gasteiger partial charge in [-0.1, -0.05) is 0 Å². The number of hydrogen-bond donors (Lipinski definition) is 1. The molecule has 1 saturated heterocycles. The van der Waals surface area contributed by atoms with Gasteiger partial charge in [0.05, 0.1) is 4.92 Å². The van der Waals surface area contributed by atoms with Crippen molar-refractivity contribution in [2.75, 3.05) is 31.1 Å². The van der Waals surface area contributed by atoms with E-state index in [0.29, 0.717) is 48.6 Å². The minimum Gasteiger partial charge on any atom is -0.354 e. The Labute approximate surface area is 161 Å². The van der Waals surface area contributed by atoms with Crippen molar-refractivity contribution in [3.8, 4) is 0 Å². The Morgan fingerprint density at radius 1 is 1.21 bits per heavy atom. The molecule has 0 atom stereocenters. The van der Waals surface area contributed by atoms with E-state index in [1.165, 1.54) is 22.8 Å². The zero-order valence-corrected chi connectivity index (χ0v) is 15.9. The first kappa shape index (κ1) is 18.3. The van der Waals surface area contributed by atoms with Crippen molar-refractivity contribution in [1.82, 2.24) is 19.3 Å². The number of pyridine rings is 2. The van der Waals surface area contributed by atoms with Crippen LogP contribution in [0.2, 0.25) is 0 Å². The zero-order valence-electron chi connectivity index (χ0n) is 15.1. The number of piperazine rings is 1. The Morgan fingerprint density at radius 2 is 1.96 bits per heavy atom. The summed E-state index contributed by atoms with van der Waals surface area (Å²) in [7, 11) is -3.65. The van der Waals surface area contributed by atoms with Gasteiger partial charge in [0.25, 0.3) is 5.69 Å². The number of rotatable bonds is 4. The summed E-state index contributed by atoms with van der Waals surface area (Å²) in [6, 6.07) is 4.91. The molecule has 0 unspecified atom stereocenters. The van der Waals surface area contributed by atoms with Crippen LogP contribution < -0.4 is 4.90 Å². The highest BCUT2D eigenvalue weighted by Crippen LogP contribution is 2.27. The van der Waals surface area contributed by atoms with Gasteiger partial charge in [-0.3, -0.25) is 10.1 Å². The van der Waals surface area contributed by atoms with E-state index in [1.807, 2.05) is 4.90 Å². The molecule has 0 radical (unpaired) electrons. The molecule has 3 aromatic heterocycles. The van der Waals surface area contributed by atoms with E-state index in [0.717, 1.165) is 0 Å². The predicted octanol–water partition coefficient (Wildman–Crippen LogP) is 1.69. The number of anilines is 1. The normalized spacial score (nSPS) is 15.8. The molecular weight excluding hydrogens is 384 g/mol. The number of sulfonamides is 1. The largest absolute Gasteiger partial charge is 0.354 e. The summed E-state index contributed by atoms with van der Waals surface area (Å²) < 4.78 is 27.6. The topological polar surface area (TPSA) is 125 Å².